The highest BCUT2D eigenvalue weighted by Crippen LogP contribution is 2.16. The van der Waals surface area contributed by atoms with Crippen LogP contribution in [-0.4, -0.2) is 20.3 Å². The largest absolute Gasteiger partial charge is 0.388 e. The van der Waals surface area contributed by atoms with Crippen molar-refractivity contribution in [1.82, 2.24) is 15.2 Å². The van der Waals surface area contributed by atoms with E-state index in [1.54, 1.807) is 0 Å². The fourth-order valence-corrected chi connectivity index (χ4v) is 1.45. The maximum atomic E-state index is 8.81. The summed E-state index contributed by atoms with van der Waals surface area (Å²) >= 11 is 2.24. The molecule has 0 bridgehead atoms. The first-order valence-electron chi connectivity index (χ1n) is 4.07. The van der Waals surface area contributed by atoms with Crippen LogP contribution in [0.1, 0.15) is 5.82 Å². The molecule has 0 spiro atoms. The van der Waals surface area contributed by atoms with Crippen molar-refractivity contribution in [3.05, 3.63) is 33.7 Å². The number of aliphatic hydroxyl groups is 1. The number of nitrogens with one attached hydrogen (secondary N) is 1. The molecule has 14 heavy (non-hydrogen) atoms. The zero-order valence-electron chi connectivity index (χ0n) is 7.24. The lowest BCUT2D eigenvalue weighted by molar-refractivity contribution is 0.272. The number of hydrogen-bond donors (Lipinski definition) is 2. The molecule has 2 N–H and O–H groups in total. The maximum absolute atomic E-state index is 8.81. The van der Waals surface area contributed by atoms with E-state index >= 15 is 0 Å². The fraction of sp³-hybridized carbons (Fsp3) is 0.111. The highest BCUT2D eigenvalue weighted by Gasteiger charge is 2.04. The first kappa shape index (κ1) is 9.60. The Morgan fingerprint density at radius 1 is 1.29 bits per heavy atom. The van der Waals surface area contributed by atoms with Gasteiger partial charge in [0.25, 0.3) is 0 Å². The molecule has 0 aliphatic heterocycles. The molecule has 0 amide bonds. The summed E-state index contributed by atoms with van der Waals surface area (Å²) < 4.78 is 1.17. The monoisotopic (exact) mass is 301 g/mol. The summed E-state index contributed by atoms with van der Waals surface area (Å²) in [6.07, 6.45) is 0. The first-order valence-corrected chi connectivity index (χ1v) is 5.15. The summed E-state index contributed by atoms with van der Waals surface area (Å²) in [6.45, 7) is -0.114. The second-order valence-electron chi connectivity index (χ2n) is 2.77. The number of aromatic nitrogens is 3. The van der Waals surface area contributed by atoms with Crippen molar-refractivity contribution in [3.8, 4) is 11.4 Å². The van der Waals surface area contributed by atoms with Gasteiger partial charge in [0.1, 0.15) is 6.61 Å². The quantitative estimate of drug-likeness (QED) is 0.828. The van der Waals surface area contributed by atoms with Crippen molar-refractivity contribution < 1.29 is 5.11 Å². The van der Waals surface area contributed by atoms with Crippen LogP contribution >= 0.6 is 22.6 Å². The Morgan fingerprint density at radius 3 is 2.57 bits per heavy atom. The van der Waals surface area contributed by atoms with Gasteiger partial charge in [-0.05, 0) is 34.7 Å². The van der Waals surface area contributed by atoms with E-state index in [9.17, 15) is 0 Å². The molecule has 0 saturated heterocycles. The number of rotatable bonds is 2. The van der Waals surface area contributed by atoms with Gasteiger partial charge in [-0.15, -0.1) is 0 Å². The van der Waals surface area contributed by atoms with E-state index in [1.165, 1.54) is 3.57 Å². The number of aliphatic hydroxyl groups excluding tert-OH is 1. The average Bonchev–Trinajstić information content (AvgIpc) is 2.67. The van der Waals surface area contributed by atoms with Gasteiger partial charge in [-0.25, -0.2) is 4.98 Å². The van der Waals surface area contributed by atoms with Crippen LogP contribution in [0.4, 0.5) is 0 Å². The second kappa shape index (κ2) is 4.05. The van der Waals surface area contributed by atoms with Crippen molar-refractivity contribution in [2.24, 2.45) is 0 Å². The van der Waals surface area contributed by atoms with Crippen LogP contribution in [0, 0.1) is 3.57 Å². The van der Waals surface area contributed by atoms with Gasteiger partial charge in [-0.1, -0.05) is 12.1 Å². The van der Waals surface area contributed by atoms with Gasteiger partial charge in [0, 0.05) is 9.13 Å². The Bertz CT molecular complexity index is 424. The Hall–Kier alpha value is -0.950. The summed E-state index contributed by atoms with van der Waals surface area (Å²) in [5.41, 5.74) is 0.946. The second-order valence-corrected chi connectivity index (χ2v) is 4.02. The van der Waals surface area contributed by atoms with Gasteiger partial charge in [-0.2, -0.15) is 5.10 Å². The Morgan fingerprint density at radius 2 is 2.00 bits per heavy atom. The van der Waals surface area contributed by atoms with E-state index in [2.05, 4.69) is 37.8 Å². The molecule has 5 heteroatoms. The van der Waals surface area contributed by atoms with Gasteiger partial charge in [0.05, 0.1) is 0 Å². The normalized spacial score (nSPS) is 10.4. The molecule has 1 heterocycles. The van der Waals surface area contributed by atoms with Gasteiger partial charge >= 0.3 is 0 Å². The van der Waals surface area contributed by atoms with E-state index in [-0.39, 0.29) is 6.61 Å². The summed E-state index contributed by atoms with van der Waals surface area (Å²) in [4.78, 5) is 4.11. The number of H-pyrrole nitrogens is 1. The van der Waals surface area contributed by atoms with Crippen molar-refractivity contribution in [1.29, 1.82) is 0 Å². The molecule has 2 rings (SSSR count). The van der Waals surface area contributed by atoms with Crippen LogP contribution in [0.5, 0.6) is 0 Å². The minimum atomic E-state index is -0.114. The lowest BCUT2D eigenvalue weighted by atomic mass is 10.2. The number of nitrogens with zero attached hydrogens (tertiary/aromatic N) is 2. The van der Waals surface area contributed by atoms with Gasteiger partial charge in [0.2, 0.25) is 0 Å². The molecule has 0 aliphatic rings. The lowest BCUT2D eigenvalue weighted by Gasteiger charge is -1.94. The first-order chi connectivity index (χ1) is 6.79. The number of benzene rings is 1. The third-order valence-corrected chi connectivity index (χ3v) is 2.50. The molecule has 1 aromatic carbocycles. The van der Waals surface area contributed by atoms with Gasteiger partial charge in [0.15, 0.2) is 11.6 Å². The van der Waals surface area contributed by atoms with E-state index in [1.807, 2.05) is 24.3 Å². The molecular weight excluding hydrogens is 293 g/mol. The van der Waals surface area contributed by atoms with Crippen molar-refractivity contribution in [2.75, 3.05) is 0 Å². The molecular formula is C9H8IN3O. The molecule has 0 fully saturated rings. The Labute approximate surface area is 94.5 Å². The van der Waals surface area contributed by atoms with Crippen molar-refractivity contribution >= 4 is 22.6 Å². The van der Waals surface area contributed by atoms with Crippen LogP contribution in [0.15, 0.2) is 24.3 Å². The van der Waals surface area contributed by atoms with Crippen LogP contribution in [0.25, 0.3) is 11.4 Å². The minimum absolute atomic E-state index is 0.114. The molecule has 72 valence electrons. The molecule has 0 aliphatic carbocycles. The Balaban J connectivity index is 2.34. The summed E-state index contributed by atoms with van der Waals surface area (Å²) in [7, 11) is 0. The molecule has 0 unspecified atom stereocenters. The van der Waals surface area contributed by atoms with Gasteiger partial charge in [-0.3, -0.25) is 5.10 Å². The van der Waals surface area contributed by atoms with Crippen LogP contribution in [-0.2, 0) is 6.61 Å². The minimum Gasteiger partial charge on any atom is -0.388 e. The third-order valence-electron chi connectivity index (χ3n) is 1.78. The van der Waals surface area contributed by atoms with E-state index in [0.29, 0.717) is 11.6 Å². The highest BCUT2D eigenvalue weighted by molar-refractivity contribution is 14.1. The van der Waals surface area contributed by atoms with Crippen molar-refractivity contribution in [3.63, 3.8) is 0 Å². The predicted octanol–water partition coefficient (Wildman–Crippen LogP) is 1.57. The number of halogens is 1. The van der Waals surface area contributed by atoms with Gasteiger partial charge < -0.3 is 5.11 Å². The van der Waals surface area contributed by atoms with Crippen molar-refractivity contribution in [2.45, 2.75) is 6.61 Å². The van der Waals surface area contributed by atoms with E-state index in [0.717, 1.165) is 5.56 Å². The van der Waals surface area contributed by atoms with E-state index < -0.39 is 0 Å². The predicted molar refractivity (Wildman–Crippen MR) is 60.5 cm³/mol. The molecule has 0 radical (unpaired) electrons. The fourth-order valence-electron chi connectivity index (χ4n) is 1.09. The zero-order chi connectivity index (χ0) is 9.97. The third kappa shape index (κ3) is 1.93. The Kier molecular flexibility index (Phi) is 2.78. The molecule has 2 aromatic rings. The standard InChI is InChI=1S/C9H8IN3O/c10-7-3-1-6(2-4-7)9-11-8(5-14)12-13-9/h1-4,14H,5H2,(H,11,12,13). The molecule has 1 aromatic heterocycles. The van der Waals surface area contributed by atoms with Crippen LogP contribution < -0.4 is 0 Å². The SMILES string of the molecule is OCc1nc(-c2ccc(I)cc2)n[nH]1. The number of aromatic amines is 1. The molecule has 0 saturated carbocycles. The molecule has 4 nitrogen and oxygen atoms in total. The van der Waals surface area contributed by atoms with Crippen LogP contribution in [0.2, 0.25) is 0 Å². The van der Waals surface area contributed by atoms with Crippen LogP contribution in [0.3, 0.4) is 0 Å². The highest BCUT2D eigenvalue weighted by atomic mass is 127. The summed E-state index contributed by atoms with van der Waals surface area (Å²) in [5, 5.41) is 15.5. The maximum Gasteiger partial charge on any atom is 0.181 e. The van der Waals surface area contributed by atoms with E-state index in [4.69, 9.17) is 5.11 Å². The summed E-state index contributed by atoms with van der Waals surface area (Å²) in [5.74, 6) is 1.10. The molecule has 0 atom stereocenters. The number of hydrogen-bond acceptors (Lipinski definition) is 3. The smallest absolute Gasteiger partial charge is 0.181 e. The zero-order valence-corrected chi connectivity index (χ0v) is 9.39. The average molecular weight is 301 g/mol. The summed E-state index contributed by atoms with van der Waals surface area (Å²) in [6, 6.07) is 7.88. The topological polar surface area (TPSA) is 61.8 Å². The lowest BCUT2D eigenvalue weighted by Crippen LogP contribution is -1.84.